The minimum absolute atomic E-state index is 0.0619. The largest absolute Gasteiger partial charge is 0.497 e. The fourth-order valence-corrected chi connectivity index (χ4v) is 2.45. The molecule has 24 heavy (non-hydrogen) atoms. The van der Waals surface area contributed by atoms with Gasteiger partial charge in [-0.3, -0.25) is 0 Å². The molecule has 0 spiro atoms. The third kappa shape index (κ3) is 5.15. The van der Waals surface area contributed by atoms with Crippen molar-refractivity contribution in [1.29, 1.82) is 0 Å². The topological polar surface area (TPSA) is 53.6 Å². The van der Waals surface area contributed by atoms with Crippen molar-refractivity contribution in [2.24, 2.45) is 0 Å². The van der Waals surface area contributed by atoms with Gasteiger partial charge in [-0.05, 0) is 56.1 Å². The molecule has 5 nitrogen and oxygen atoms in total. The van der Waals surface area contributed by atoms with E-state index in [9.17, 15) is 4.79 Å². The van der Waals surface area contributed by atoms with Crippen LogP contribution in [0.2, 0.25) is 5.02 Å². The van der Waals surface area contributed by atoms with Gasteiger partial charge in [-0.25, -0.2) is 4.79 Å². The molecule has 128 valence electrons. The number of hydrogen-bond acceptors (Lipinski definition) is 3. The number of carbonyl (C=O) groups excluding carboxylic acids is 1. The number of nitrogens with zero attached hydrogens (tertiary/aromatic N) is 1. The van der Waals surface area contributed by atoms with Gasteiger partial charge in [0.1, 0.15) is 5.75 Å². The summed E-state index contributed by atoms with van der Waals surface area (Å²) in [5, 5.41) is 6.32. The molecule has 0 saturated heterocycles. The molecule has 2 rings (SSSR count). The number of methoxy groups -OCH3 is 1. The Morgan fingerprint density at radius 2 is 1.75 bits per heavy atom. The normalized spacial score (nSPS) is 11.9. The highest BCUT2D eigenvalue weighted by Gasteiger charge is 2.15. The molecule has 0 radical (unpaired) electrons. The molecule has 0 bridgehead atoms. The second-order valence-electron chi connectivity index (χ2n) is 5.59. The van der Waals surface area contributed by atoms with Crippen molar-refractivity contribution >= 4 is 23.3 Å². The summed E-state index contributed by atoms with van der Waals surface area (Å²) in [4.78, 5) is 14.1. The van der Waals surface area contributed by atoms with Gasteiger partial charge in [0.05, 0.1) is 13.2 Å². The third-order valence-electron chi connectivity index (χ3n) is 3.68. The molecule has 0 aliphatic carbocycles. The van der Waals surface area contributed by atoms with E-state index in [0.29, 0.717) is 17.3 Å². The first-order chi connectivity index (χ1) is 11.5. The molecule has 0 heterocycles. The molecule has 0 aromatic heterocycles. The number of hydrogen-bond donors (Lipinski definition) is 2. The number of urea groups is 1. The molecule has 2 aromatic rings. The first-order valence-corrected chi connectivity index (χ1v) is 7.98. The van der Waals surface area contributed by atoms with Gasteiger partial charge in [0, 0.05) is 17.3 Å². The standard InChI is InChI=1S/C18H22ClN3O2/c1-22(2)17(13-4-10-16(24-3)11-5-13)12-20-18(23)21-15-8-6-14(19)7-9-15/h4-11,17H,12H2,1-3H3,(H2,20,21,23)/t17-/m0/s1. The van der Waals surface area contributed by atoms with Crippen LogP contribution in [-0.2, 0) is 0 Å². The number of carbonyl (C=O) groups is 1. The lowest BCUT2D eigenvalue weighted by molar-refractivity contribution is 0.243. The maximum Gasteiger partial charge on any atom is 0.319 e. The van der Waals surface area contributed by atoms with Gasteiger partial charge in [0.25, 0.3) is 0 Å². The van der Waals surface area contributed by atoms with E-state index in [1.807, 2.05) is 38.4 Å². The van der Waals surface area contributed by atoms with Crippen LogP contribution < -0.4 is 15.4 Å². The van der Waals surface area contributed by atoms with Crippen LogP contribution >= 0.6 is 11.6 Å². The fraction of sp³-hybridized carbons (Fsp3) is 0.278. The average molecular weight is 348 g/mol. The van der Waals surface area contributed by atoms with Crippen molar-refractivity contribution in [2.45, 2.75) is 6.04 Å². The quantitative estimate of drug-likeness (QED) is 0.836. The number of halogens is 1. The highest BCUT2D eigenvalue weighted by atomic mass is 35.5. The molecule has 2 amide bonds. The maximum atomic E-state index is 12.1. The van der Waals surface area contributed by atoms with Gasteiger partial charge in [-0.2, -0.15) is 0 Å². The van der Waals surface area contributed by atoms with Gasteiger partial charge >= 0.3 is 6.03 Å². The van der Waals surface area contributed by atoms with E-state index in [-0.39, 0.29) is 12.1 Å². The summed E-state index contributed by atoms with van der Waals surface area (Å²) in [5.41, 5.74) is 1.80. The number of ether oxygens (including phenoxy) is 1. The van der Waals surface area contributed by atoms with Gasteiger partial charge in [0.2, 0.25) is 0 Å². The monoisotopic (exact) mass is 347 g/mol. The minimum Gasteiger partial charge on any atom is -0.497 e. The van der Waals surface area contributed by atoms with Crippen LogP contribution in [0.25, 0.3) is 0 Å². The van der Waals surface area contributed by atoms with Crippen LogP contribution in [0.1, 0.15) is 11.6 Å². The van der Waals surface area contributed by atoms with Crippen molar-refractivity contribution in [1.82, 2.24) is 10.2 Å². The first-order valence-electron chi connectivity index (χ1n) is 7.60. The Balaban J connectivity index is 1.95. The summed E-state index contributed by atoms with van der Waals surface area (Å²) < 4.78 is 5.18. The van der Waals surface area contributed by atoms with Crippen molar-refractivity contribution in [3.8, 4) is 5.75 Å². The third-order valence-corrected chi connectivity index (χ3v) is 3.93. The van der Waals surface area contributed by atoms with E-state index < -0.39 is 0 Å². The summed E-state index contributed by atoms with van der Waals surface area (Å²) in [6.07, 6.45) is 0. The molecule has 2 N–H and O–H groups in total. The Morgan fingerprint density at radius 1 is 1.12 bits per heavy atom. The predicted octanol–water partition coefficient (Wildman–Crippen LogP) is 3.77. The Morgan fingerprint density at radius 3 is 2.29 bits per heavy atom. The number of anilines is 1. The molecule has 0 aliphatic rings. The van der Waals surface area contributed by atoms with Crippen LogP contribution in [0.15, 0.2) is 48.5 Å². The number of likely N-dealkylation sites (N-methyl/N-ethyl adjacent to an activating group) is 1. The van der Waals surface area contributed by atoms with Gasteiger partial charge in [-0.15, -0.1) is 0 Å². The van der Waals surface area contributed by atoms with E-state index >= 15 is 0 Å². The zero-order chi connectivity index (χ0) is 17.5. The zero-order valence-corrected chi connectivity index (χ0v) is 14.8. The maximum absolute atomic E-state index is 12.1. The second kappa shape index (κ2) is 8.57. The number of amides is 2. The Bertz CT molecular complexity index is 657. The summed E-state index contributed by atoms with van der Waals surface area (Å²) in [6.45, 7) is 0.485. The Labute approximate surface area is 147 Å². The zero-order valence-electron chi connectivity index (χ0n) is 14.0. The second-order valence-corrected chi connectivity index (χ2v) is 6.03. The molecular formula is C18H22ClN3O2. The van der Waals surface area contributed by atoms with Crippen molar-refractivity contribution in [3.05, 3.63) is 59.1 Å². The number of rotatable bonds is 6. The fourth-order valence-electron chi connectivity index (χ4n) is 2.32. The van der Waals surface area contributed by atoms with Crippen LogP contribution in [-0.4, -0.2) is 38.7 Å². The molecule has 0 unspecified atom stereocenters. The van der Waals surface area contributed by atoms with Crippen LogP contribution in [0, 0.1) is 0 Å². The van der Waals surface area contributed by atoms with Gasteiger partial charge < -0.3 is 20.3 Å². The first kappa shape index (κ1) is 18.1. The molecular weight excluding hydrogens is 326 g/mol. The number of benzene rings is 2. The smallest absolute Gasteiger partial charge is 0.319 e. The lowest BCUT2D eigenvalue weighted by Gasteiger charge is -2.25. The lowest BCUT2D eigenvalue weighted by atomic mass is 10.1. The highest BCUT2D eigenvalue weighted by molar-refractivity contribution is 6.30. The highest BCUT2D eigenvalue weighted by Crippen LogP contribution is 2.20. The average Bonchev–Trinajstić information content (AvgIpc) is 2.57. The molecule has 0 fully saturated rings. The minimum atomic E-state index is -0.252. The SMILES string of the molecule is COc1ccc([C@H](CNC(=O)Nc2ccc(Cl)cc2)N(C)C)cc1. The van der Waals surface area contributed by atoms with Crippen molar-refractivity contribution in [3.63, 3.8) is 0 Å². The van der Waals surface area contributed by atoms with Gasteiger partial charge in [-0.1, -0.05) is 23.7 Å². The van der Waals surface area contributed by atoms with Crippen LogP contribution in [0.5, 0.6) is 5.75 Å². The molecule has 0 aliphatic heterocycles. The van der Waals surface area contributed by atoms with Gasteiger partial charge in [0.15, 0.2) is 0 Å². The van der Waals surface area contributed by atoms with E-state index in [4.69, 9.17) is 16.3 Å². The Hall–Kier alpha value is -2.24. The van der Waals surface area contributed by atoms with E-state index in [1.54, 1.807) is 31.4 Å². The number of nitrogens with one attached hydrogen (secondary N) is 2. The summed E-state index contributed by atoms with van der Waals surface area (Å²) in [5.74, 6) is 0.810. The molecule has 1 atom stereocenters. The summed E-state index contributed by atoms with van der Waals surface area (Å²) >= 11 is 5.83. The lowest BCUT2D eigenvalue weighted by Crippen LogP contribution is -2.36. The summed E-state index contributed by atoms with van der Waals surface area (Å²) in [6, 6.07) is 14.6. The van der Waals surface area contributed by atoms with E-state index in [0.717, 1.165) is 11.3 Å². The molecule has 2 aromatic carbocycles. The van der Waals surface area contributed by atoms with E-state index in [1.165, 1.54) is 0 Å². The molecule has 0 saturated carbocycles. The van der Waals surface area contributed by atoms with Crippen LogP contribution in [0.4, 0.5) is 10.5 Å². The predicted molar refractivity (Wildman–Crippen MR) is 97.9 cm³/mol. The van der Waals surface area contributed by atoms with E-state index in [2.05, 4.69) is 15.5 Å². The van der Waals surface area contributed by atoms with Crippen molar-refractivity contribution in [2.75, 3.05) is 33.1 Å². The summed E-state index contributed by atoms with van der Waals surface area (Å²) in [7, 11) is 5.60. The van der Waals surface area contributed by atoms with Crippen LogP contribution in [0.3, 0.4) is 0 Å². The Kier molecular flexibility index (Phi) is 6.46. The molecule has 6 heteroatoms. The van der Waals surface area contributed by atoms with Crippen molar-refractivity contribution < 1.29 is 9.53 Å².